The van der Waals surface area contributed by atoms with Gasteiger partial charge in [0.25, 0.3) is 0 Å². The first-order valence-corrected chi connectivity index (χ1v) is 5.64. The summed E-state index contributed by atoms with van der Waals surface area (Å²) < 4.78 is 13.1. The van der Waals surface area contributed by atoms with E-state index >= 15 is 0 Å². The van der Waals surface area contributed by atoms with Gasteiger partial charge in [0.1, 0.15) is 5.82 Å². The third-order valence-corrected chi connectivity index (χ3v) is 2.47. The zero-order valence-electron chi connectivity index (χ0n) is 9.63. The van der Waals surface area contributed by atoms with Crippen LogP contribution in [0.25, 0.3) is 0 Å². The van der Waals surface area contributed by atoms with Gasteiger partial charge >= 0.3 is 0 Å². The molecule has 0 aliphatic carbocycles. The van der Waals surface area contributed by atoms with Crippen molar-refractivity contribution in [2.24, 2.45) is 5.73 Å². The molecule has 0 fully saturated rings. The molecule has 0 aliphatic rings. The van der Waals surface area contributed by atoms with Crippen LogP contribution in [0.1, 0.15) is 41.6 Å². The molecule has 2 N–H and O–H groups in total. The molecule has 0 atom stereocenters. The van der Waals surface area contributed by atoms with Crippen LogP contribution < -0.4 is 5.73 Å². The van der Waals surface area contributed by atoms with Gasteiger partial charge in [-0.1, -0.05) is 6.42 Å². The minimum absolute atomic E-state index is 0.0135. The zero-order chi connectivity index (χ0) is 12.0. The number of unbranched alkanes of at least 4 members (excludes halogenated alkanes) is 2. The van der Waals surface area contributed by atoms with Crippen LogP contribution in [-0.2, 0) is 0 Å². The summed E-state index contributed by atoms with van der Waals surface area (Å²) in [4.78, 5) is 11.7. The monoisotopic (exact) mass is 223 g/mol. The van der Waals surface area contributed by atoms with Crippen LogP contribution in [0.15, 0.2) is 18.2 Å². The van der Waals surface area contributed by atoms with Crippen molar-refractivity contribution in [2.45, 2.75) is 32.6 Å². The Morgan fingerprint density at radius 3 is 2.62 bits per heavy atom. The normalized spacial score (nSPS) is 10.4. The molecule has 88 valence electrons. The van der Waals surface area contributed by atoms with Gasteiger partial charge in [-0.15, -0.1) is 0 Å². The summed E-state index contributed by atoms with van der Waals surface area (Å²) in [5.41, 5.74) is 6.62. The maximum atomic E-state index is 13.1. The molecule has 2 nitrogen and oxygen atoms in total. The minimum Gasteiger partial charge on any atom is -0.330 e. The van der Waals surface area contributed by atoms with Gasteiger partial charge in [0.05, 0.1) is 0 Å². The number of hydrogen-bond donors (Lipinski definition) is 1. The Kier molecular flexibility index (Phi) is 5.12. The van der Waals surface area contributed by atoms with E-state index in [1.165, 1.54) is 12.1 Å². The van der Waals surface area contributed by atoms with Crippen molar-refractivity contribution in [3.8, 4) is 0 Å². The number of aryl methyl sites for hydroxylation is 1. The molecule has 0 amide bonds. The second-order valence-electron chi connectivity index (χ2n) is 4.04. The van der Waals surface area contributed by atoms with E-state index in [-0.39, 0.29) is 11.6 Å². The third kappa shape index (κ3) is 4.11. The van der Waals surface area contributed by atoms with Crippen LogP contribution in [0, 0.1) is 12.7 Å². The molecule has 0 aliphatic heterocycles. The predicted octanol–water partition coefficient (Wildman–Crippen LogP) is 2.84. The van der Waals surface area contributed by atoms with Crippen LogP contribution >= 0.6 is 0 Å². The summed E-state index contributed by atoms with van der Waals surface area (Å²) in [6, 6.07) is 4.46. The SMILES string of the molecule is Cc1cc(F)cc(C(=O)CCCCCN)c1. The van der Waals surface area contributed by atoms with E-state index in [4.69, 9.17) is 5.73 Å². The number of carbonyl (C=O) groups is 1. The summed E-state index contributed by atoms with van der Waals surface area (Å²) in [6.07, 6.45) is 3.19. The van der Waals surface area contributed by atoms with Crippen molar-refractivity contribution in [3.63, 3.8) is 0 Å². The molecular formula is C13H18FNO. The van der Waals surface area contributed by atoms with Crippen molar-refractivity contribution in [2.75, 3.05) is 6.54 Å². The summed E-state index contributed by atoms with van der Waals surface area (Å²) in [6.45, 7) is 2.45. The van der Waals surface area contributed by atoms with Crippen LogP contribution in [-0.4, -0.2) is 12.3 Å². The first-order valence-electron chi connectivity index (χ1n) is 5.64. The molecule has 1 rings (SSSR count). The highest BCUT2D eigenvalue weighted by Gasteiger charge is 2.07. The highest BCUT2D eigenvalue weighted by molar-refractivity contribution is 5.96. The molecule has 0 heterocycles. The number of benzene rings is 1. The Morgan fingerprint density at radius 2 is 2.00 bits per heavy atom. The maximum Gasteiger partial charge on any atom is 0.162 e. The lowest BCUT2D eigenvalue weighted by Crippen LogP contribution is -2.02. The third-order valence-electron chi connectivity index (χ3n) is 2.47. The lowest BCUT2D eigenvalue weighted by atomic mass is 10.0. The first-order chi connectivity index (χ1) is 7.63. The Hall–Kier alpha value is -1.22. The van der Waals surface area contributed by atoms with Crippen LogP contribution in [0.5, 0.6) is 0 Å². The highest BCUT2D eigenvalue weighted by Crippen LogP contribution is 2.12. The minimum atomic E-state index is -0.342. The van der Waals surface area contributed by atoms with E-state index < -0.39 is 0 Å². The van der Waals surface area contributed by atoms with Gasteiger partial charge in [-0.05, 0) is 50.1 Å². The molecule has 3 heteroatoms. The predicted molar refractivity (Wildman–Crippen MR) is 63.0 cm³/mol. The molecular weight excluding hydrogens is 205 g/mol. The Morgan fingerprint density at radius 1 is 1.25 bits per heavy atom. The highest BCUT2D eigenvalue weighted by atomic mass is 19.1. The second-order valence-corrected chi connectivity index (χ2v) is 4.04. The number of rotatable bonds is 6. The van der Waals surface area contributed by atoms with Crippen molar-refractivity contribution in [1.82, 2.24) is 0 Å². The van der Waals surface area contributed by atoms with Gasteiger partial charge in [0, 0.05) is 12.0 Å². The Bertz CT molecular complexity index is 343. The molecule has 0 bridgehead atoms. The van der Waals surface area contributed by atoms with Crippen LogP contribution in [0.2, 0.25) is 0 Å². The van der Waals surface area contributed by atoms with Crippen LogP contribution in [0.4, 0.5) is 4.39 Å². The molecule has 1 aromatic carbocycles. The summed E-state index contributed by atoms with van der Waals surface area (Å²) in [5.74, 6) is -0.329. The van der Waals surface area contributed by atoms with Gasteiger partial charge in [0.2, 0.25) is 0 Å². The molecule has 16 heavy (non-hydrogen) atoms. The number of halogens is 1. The van der Waals surface area contributed by atoms with E-state index in [0.29, 0.717) is 18.5 Å². The fourth-order valence-electron chi connectivity index (χ4n) is 1.65. The van der Waals surface area contributed by atoms with E-state index in [0.717, 1.165) is 24.8 Å². The molecule has 0 radical (unpaired) electrons. The zero-order valence-corrected chi connectivity index (χ0v) is 9.63. The quantitative estimate of drug-likeness (QED) is 0.595. The first kappa shape index (κ1) is 12.8. The summed E-state index contributed by atoms with van der Waals surface area (Å²) in [7, 11) is 0. The Labute approximate surface area is 95.7 Å². The van der Waals surface area contributed by atoms with E-state index in [9.17, 15) is 9.18 Å². The molecule has 0 spiro atoms. The molecule has 0 saturated carbocycles. The molecule has 1 aromatic rings. The molecule has 0 unspecified atom stereocenters. The summed E-state index contributed by atoms with van der Waals surface area (Å²) in [5, 5.41) is 0. The fraction of sp³-hybridized carbons (Fsp3) is 0.462. The van der Waals surface area contributed by atoms with Crippen molar-refractivity contribution in [3.05, 3.63) is 35.1 Å². The smallest absolute Gasteiger partial charge is 0.162 e. The number of Topliss-reactive ketones (excluding diaryl/α,β-unsaturated/α-hetero) is 1. The average Bonchev–Trinajstić information content (AvgIpc) is 2.22. The number of hydrogen-bond acceptors (Lipinski definition) is 2. The van der Waals surface area contributed by atoms with Crippen molar-refractivity contribution >= 4 is 5.78 Å². The maximum absolute atomic E-state index is 13.1. The van der Waals surface area contributed by atoms with Gasteiger partial charge in [-0.2, -0.15) is 0 Å². The molecule has 0 saturated heterocycles. The lowest BCUT2D eigenvalue weighted by Gasteiger charge is -2.03. The number of ketones is 1. The van der Waals surface area contributed by atoms with Crippen molar-refractivity contribution < 1.29 is 9.18 Å². The Balaban J connectivity index is 2.52. The molecule has 0 aromatic heterocycles. The topological polar surface area (TPSA) is 43.1 Å². The van der Waals surface area contributed by atoms with Gasteiger partial charge < -0.3 is 5.73 Å². The fourth-order valence-corrected chi connectivity index (χ4v) is 1.65. The van der Waals surface area contributed by atoms with E-state index in [1.807, 2.05) is 0 Å². The van der Waals surface area contributed by atoms with E-state index in [2.05, 4.69) is 0 Å². The number of nitrogens with two attached hydrogens (primary N) is 1. The van der Waals surface area contributed by atoms with Crippen molar-refractivity contribution in [1.29, 1.82) is 0 Å². The second kappa shape index (κ2) is 6.38. The number of carbonyl (C=O) groups excluding carboxylic acids is 1. The lowest BCUT2D eigenvalue weighted by molar-refractivity contribution is 0.0978. The van der Waals surface area contributed by atoms with Gasteiger partial charge in [-0.25, -0.2) is 4.39 Å². The standard InChI is InChI=1S/C13H18FNO/c1-10-7-11(9-12(14)8-10)13(16)5-3-2-4-6-15/h7-9H,2-6,15H2,1H3. The van der Waals surface area contributed by atoms with E-state index in [1.54, 1.807) is 13.0 Å². The summed E-state index contributed by atoms with van der Waals surface area (Å²) >= 11 is 0. The van der Waals surface area contributed by atoms with Gasteiger partial charge in [-0.3, -0.25) is 4.79 Å². The van der Waals surface area contributed by atoms with Crippen LogP contribution in [0.3, 0.4) is 0 Å². The largest absolute Gasteiger partial charge is 0.330 e. The van der Waals surface area contributed by atoms with Gasteiger partial charge in [0.15, 0.2) is 5.78 Å². The average molecular weight is 223 g/mol.